The van der Waals surface area contributed by atoms with Gasteiger partial charge < -0.3 is 10.6 Å². The predicted molar refractivity (Wildman–Crippen MR) is 53.0 cm³/mol. The SMILES string of the molecule is O=C1CNC(=O)[C@H](Cc2ccsc2)N1. The summed E-state index contributed by atoms with van der Waals surface area (Å²) in [5.41, 5.74) is 1.08. The van der Waals surface area contributed by atoms with E-state index in [1.807, 2.05) is 16.8 Å². The van der Waals surface area contributed by atoms with Crippen LogP contribution in [-0.2, 0) is 16.0 Å². The average molecular weight is 210 g/mol. The molecule has 0 aromatic carbocycles. The maximum absolute atomic E-state index is 11.3. The first-order chi connectivity index (χ1) is 6.75. The molecule has 0 unspecified atom stereocenters. The fraction of sp³-hybridized carbons (Fsp3) is 0.333. The van der Waals surface area contributed by atoms with Crippen LogP contribution in [0.3, 0.4) is 0 Å². The van der Waals surface area contributed by atoms with Gasteiger partial charge in [-0.15, -0.1) is 0 Å². The fourth-order valence-corrected chi connectivity index (χ4v) is 2.07. The summed E-state index contributed by atoms with van der Waals surface area (Å²) in [6, 6.07) is 1.55. The van der Waals surface area contributed by atoms with Crippen LogP contribution in [0.15, 0.2) is 16.8 Å². The molecule has 2 heterocycles. The highest BCUT2D eigenvalue weighted by Gasteiger charge is 2.25. The predicted octanol–water partition coefficient (Wildman–Crippen LogP) is -0.0948. The standard InChI is InChI=1S/C9H10N2O2S/c12-8-4-10-9(13)7(11-8)3-6-1-2-14-5-6/h1-2,5,7H,3-4H2,(H,10,13)(H,11,12)/t7-/m0/s1. The van der Waals surface area contributed by atoms with Crippen molar-refractivity contribution in [2.45, 2.75) is 12.5 Å². The second kappa shape index (κ2) is 3.79. The summed E-state index contributed by atoms with van der Waals surface area (Å²) >= 11 is 1.59. The summed E-state index contributed by atoms with van der Waals surface area (Å²) < 4.78 is 0. The van der Waals surface area contributed by atoms with E-state index in [0.717, 1.165) is 5.56 Å². The van der Waals surface area contributed by atoms with Crippen LogP contribution in [0, 0.1) is 0 Å². The molecule has 14 heavy (non-hydrogen) atoms. The van der Waals surface area contributed by atoms with Gasteiger partial charge in [0.1, 0.15) is 6.04 Å². The van der Waals surface area contributed by atoms with Crippen LogP contribution in [0.2, 0.25) is 0 Å². The van der Waals surface area contributed by atoms with E-state index < -0.39 is 6.04 Å². The highest BCUT2D eigenvalue weighted by Crippen LogP contribution is 2.09. The van der Waals surface area contributed by atoms with Crippen LogP contribution < -0.4 is 10.6 Å². The van der Waals surface area contributed by atoms with Crippen molar-refractivity contribution in [1.29, 1.82) is 0 Å². The van der Waals surface area contributed by atoms with E-state index in [-0.39, 0.29) is 18.4 Å². The van der Waals surface area contributed by atoms with Gasteiger partial charge in [-0.2, -0.15) is 11.3 Å². The van der Waals surface area contributed by atoms with Crippen molar-refractivity contribution < 1.29 is 9.59 Å². The largest absolute Gasteiger partial charge is 0.345 e. The van der Waals surface area contributed by atoms with E-state index in [2.05, 4.69) is 10.6 Å². The van der Waals surface area contributed by atoms with Gasteiger partial charge in [0, 0.05) is 6.42 Å². The number of carbonyl (C=O) groups is 2. The zero-order valence-corrected chi connectivity index (χ0v) is 8.26. The van der Waals surface area contributed by atoms with Crippen molar-refractivity contribution in [2.24, 2.45) is 0 Å². The monoisotopic (exact) mass is 210 g/mol. The molecule has 0 bridgehead atoms. The molecule has 1 aliphatic heterocycles. The summed E-state index contributed by atoms with van der Waals surface area (Å²) in [7, 11) is 0. The Bertz CT molecular complexity index is 348. The Hall–Kier alpha value is -1.36. The van der Waals surface area contributed by atoms with Crippen LogP contribution in [0.4, 0.5) is 0 Å². The van der Waals surface area contributed by atoms with Gasteiger partial charge >= 0.3 is 0 Å². The smallest absolute Gasteiger partial charge is 0.243 e. The van der Waals surface area contributed by atoms with Gasteiger partial charge in [0.25, 0.3) is 0 Å². The maximum Gasteiger partial charge on any atom is 0.243 e. The van der Waals surface area contributed by atoms with E-state index in [1.54, 1.807) is 11.3 Å². The number of rotatable bonds is 2. The third kappa shape index (κ3) is 1.93. The summed E-state index contributed by atoms with van der Waals surface area (Å²) in [6.45, 7) is 0.0962. The molecular weight excluding hydrogens is 200 g/mol. The first kappa shape index (κ1) is 9.21. The maximum atomic E-state index is 11.3. The first-order valence-corrected chi connectivity index (χ1v) is 5.28. The second-order valence-corrected chi connectivity index (χ2v) is 3.95. The number of hydrogen-bond donors (Lipinski definition) is 2. The van der Waals surface area contributed by atoms with Crippen LogP contribution in [-0.4, -0.2) is 24.4 Å². The molecule has 0 spiro atoms. The molecule has 2 rings (SSSR count). The molecule has 2 amide bonds. The lowest BCUT2D eigenvalue weighted by atomic mass is 10.1. The zero-order chi connectivity index (χ0) is 9.97. The van der Waals surface area contributed by atoms with Crippen molar-refractivity contribution in [3.05, 3.63) is 22.4 Å². The molecule has 1 aliphatic rings. The minimum absolute atomic E-state index is 0.0962. The third-order valence-corrected chi connectivity index (χ3v) is 2.83. The van der Waals surface area contributed by atoms with E-state index in [9.17, 15) is 9.59 Å². The summed E-state index contributed by atoms with van der Waals surface area (Å²) in [6.07, 6.45) is 0.571. The lowest BCUT2D eigenvalue weighted by Crippen LogP contribution is -2.56. The van der Waals surface area contributed by atoms with Crippen molar-refractivity contribution in [3.8, 4) is 0 Å². The van der Waals surface area contributed by atoms with Crippen molar-refractivity contribution in [2.75, 3.05) is 6.54 Å². The van der Waals surface area contributed by atoms with Crippen molar-refractivity contribution >= 4 is 23.2 Å². The minimum atomic E-state index is -0.411. The number of amides is 2. The van der Waals surface area contributed by atoms with E-state index in [0.29, 0.717) is 6.42 Å². The quantitative estimate of drug-likeness (QED) is 0.716. The topological polar surface area (TPSA) is 58.2 Å². The van der Waals surface area contributed by atoms with Crippen LogP contribution in [0.25, 0.3) is 0 Å². The fourth-order valence-electron chi connectivity index (χ4n) is 1.39. The number of piperazine rings is 1. The number of nitrogens with one attached hydrogen (secondary N) is 2. The van der Waals surface area contributed by atoms with Crippen molar-refractivity contribution in [1.82, 2.24) is 10.6 Å². The van der Waals surface area contributed by atoms with Gasteiger partial charge in [-0.05, 0) is 22.4 Å². The van der Waals surface area contributed by atoms with Gasteiger partial charge in [0.2, 0.25) is 11.8 Å². The first-order valence-electron chi connectivity index (χ1n) is 4.34. The highest BCUT2D eigenvalue weighted by molar-refractivity contribution is 7.07. The van der Waals surface area contributed by atoms with Crippen LogP contribution in [0.5, 0.6) is 0 Å². The molecule has 5 heteroatoms. The molecule has 0 aliphatic carbocycles. The van der Waals surface area contributed by atoms with Gasteiger partial charge in [-0.25, -0.2) is 0 Å². The molecule has 1 fully saturated rings. The molecule has 0 saturated carbocycles. The summed E-state index contributed by atoms with van der Waals surface area (Å²) in [5, 5.41) is 9.14. The number of hydrogen-bond acceptors (Lipinski definition) is 3. The second-order valence-electron chi connectivity index (χ2n) is 3.17. The zero-order valence-electron chi connectivity index (χ0n) is 7.45. The molecule has 1 saturated heterocycles. The van der Waals surface area contributed by atoms with Gasteiger partial charge in [0.15, 0.2) is 0 Å². The van der Waals surface area contributed by atoms with Gasteiger partial charge in [-0.1, -0.05) is 0 Å². The van der Waals surface area contributed by atoms with Gasteiger partial charge in [0.05, 0.1) is 6.54 Å². The van der Waals surface area contributed by atoms with Crippen LogP contribution in [0.1, 0.15) is 5.56 Å². The van der Waals surface area contributed by atoms with Gasteiger partial charge in [-0.3, -0.25) is 9.59 Å². The van der Waals surface area contributed by atoms with Crippen molar-refractivity contribution in [3.63, 3.8) is 0 Å². The highest BCUT2D eigenvalue weighted by atomic mass is 32.1. The Kier molecular flexibility index (Phi) is 2.49. The molecule has 1 atom stereocenters. The molecule has 4 nitrogen and oxygen atoms in total. The minimum Gasteiger partial charge on any atom is -0.345 e. The van der Waals surface area contributed by atoms with E-state index >= 15 is 0 Å². The Labute approximate surface area is 85.3 Å². The third-order valence-electron chi connectivity index (χ3n) is 2.09. The molecule has 0 radical (unpaired) electrons. The normalized spacial score (nSPS) is 21.6. The number of thiophene rings is 1. The molecular formula is C9H10N2O2S. The Balaban J connectivity index is 2.02. The molecule has 2 N–H and O–H groups in total. The molecule has 1 aromatic rings. The van der Waals surface area contributed by atoms with E-state index in [4.69, 9.17) is 0 Å². The van der Waals surface area contributed by atoms with E-state index in [1.165, 1.54) is 0 Å². The molecule has 1 aromatic heterocycles. The Morgan fingerprint density at radius 2 is 2.36 bits per heavy atom. The Morgan fingerprint density at radius 3 is 3.07 bits per heavy atom. The molecule has 74 valence electrons. The lowest BCUT2D eigenvalue weighted by molar-refractivity contribution is -0.133. The lowest BCUT2D eigenvalue weighted by Gasteiger charge is -2.22. The summed E-state index contributed by atoms with van der Waals surface area (Å²) in [5.74, 6) is -0.222. The summed E-state index contributed by atoms with van der Waals surface area (Å²) in [4.78, 5) is 22.4. The van der Waals surface area contributed by atoms with Crippen LogP contribution >= 0.6 is 11.3 Å². The Morgan fingerprint density at radius 1 is 1.50 bits per heavy atom. The average Bonchev–Trinajstić information content (AvgIpc) is 2.64. The number of carbonyl (C=O) groups excluding carboxylic acids is 2.